The first-order valence-corrected chi connectivity index (χ1v) is 7.99. The predicted molar refractivity (Wildman–Crippen MR) is 74.9 cm³/mol. The molecule has 0 atom stereocenters. The lowest BCUT2D eigenvalue weighted by molar-refractivity contribution is 0.340. The first kappa shape index (κ1) is 15.0. The molecule has 0 amide bonds. The monoisotopic (exact) mass is 270 g/mol. The van der Waals surface area contributed by atoms with Crippen LogP contribution in [0.4, 0.5) is 0 Å². The van der Waals surface area contributed by atoms with E-state index in [0.29, 0.717) is 5.92 Å². The van der Waals surface area contributed by atoms with Crippen LogP contribution in [-0.4, -0.2) is 26.0 Å². The lowest BCUT2D eigenvalue weighted by atomic mass is 10.0. The van der Waals surface area contributed by atoms with Crippen molar-refractivity contribution in [1.29, 1.82) is 0 Å². The van der Waals surface area contributed by atoms with E-state index >= 15 is 0 Å². The summed E-state index contributed by atoms with van der Waals surface area (Å²) in [5.41, 5.74) is 1.25. The summed E-state index contributed by atoms with van der Waals surface area (Å²) < 4.78 is 28.6. The zero-order chi connectivity index (χ0) is 13.8. The lowest BCUT2D eigenvalue weighted by Crippen LogP contribution is -2.22. The highest BCUT2D eigenvalue weighted by atomic mass is 32.2. The van der Waals surface area contributed by atoms with Crippen molar-refractivity contribution in [1.82, 2.24) is 0 Å². The Morgan fingerprint density at radius 3 is 2.06 bits per heavy atom. The van der Waals surface area contributed by atoms with Gasteiger partial charge in [-0.2, -0.15) is 0 Å². The maximum Gasteiger partial charge on any atom is 0.155 e. The van der Waals surface area contributed by atoms with Crippen LogP contribution in [-0.2, 0) is 9.84 Å². The van der Waals surface area contributed by atoms with Gasteiger partial charge < -0.3 is 4.74 Å². The first-order valence-electron chi connectivity index (χ1n) is 6.27. The highest BCUT2D eigenvalue weighted by Crippen LogP contribution is 2.18. The van der Waals surface area contributed by atoms with Gasteiger partial charge in [-0.25, -0.2) is 8.42 Å². The van der Waals surface area contributed by atoms with Gasteiger partial charge in [0.15, 0.2) is 9.84 Å². The van der Waals surface area contributed by atoms with Gasteiger partial charge in [-0.15, -0.1) is 0 Å². The van der Waals surface area contributed by atoms with Crippen LogP contribution in [0.25, 0.3) is 0 Å². The minimum absolute atomic E-state index is 0.0661. The highest BCUT2D eigenvalue weighted by Gasteiger charge is 2.15. The molecule has 18 heavy (non-hydrogen) atoms. The van der Waals surface area contributed by atoms with E-state index in [9.17, 15) is 8.42 Å². The summed E-state index contributed by atoms with van der Waals surface area (Å²) in [7, 11) is -3.01. The molecule has 0 aliphatic heterocycles. The topological polar surface area (TPSA) is 43.4 Å². The van der Waals surface area contributed by atoms with Gasteiger partial charge >= 0.3 is 0 Å². The normalized spacial score (nSPS) is 12.1. The molecule has 102 valence electrons. The molecular weight excluding hydrogens is 248 g/mol. The number of sulfone groups is 1. The molecule has 0 N–H and O–H groups in total. The molecule has 3 nitrogen and oxygen atoms in total. The summed E-state index contributed by atoms with van der Waals surface area (Å²) in [6, 6.07) is 7.79. The maximum absolute atomic E-state index is 11.6. The van der Waals surface area contributed by atoms with Crippen molar-refractivity contribution in [2.75, 3.05) is 12.4 Å². The average molecular weight is 270 g/mol. The molecule has 1 aromatic rings. The zero-order valence-corrected chi connectivity index (χ0v) is 12.3. The Bertz CT molecular complexity index is 458. The molecular formula is C14H22O3S. The van der Waals surface area contributed by atoms with Crippen molar-refractivity contribution in [3.63, 3.8) is 0 Å². The fraction of sp³-hybridized carbons (Fsp3) is 0.571. The van der Waals surface area contributed by atoms with Crippen LogP contribution in [0.15, 0.2) is 24.3 Å². The molecule has 4 heteroatoms. The van der Waals surface area contributed by atoms with Crippen LogP contribution in [0.3, 0.4) is 0 Å². The molecule has 1 aromatic carbocycles. The van der Waals surface area contributed by atoms with Crippen LogP contribution < -0.4 is 4.74 Å². The van der Waals surface area contributed by atoms with Crippen LogP contribution in [0.5, 0.6) is 5.75 Å². The van der Waals surface area contributed by atoms with Gasteiger partial charge in [-0.05, 0) is 37.5 Å². The van der Waals surface area contributed by atoms with E-state index in [1.165, 1.54) is 5.56 Å². The van der Waals surface area contributed by atoms with E-state index in [-0.39, 0.29) is 17.6 Å². The first-order chi connectivity index (χ1) is 8.33. The molecule has 0 heterocycles. The Balaban J connectivity index is 2.50. The van der Waals surface area contributed by atoms with Gasteiger partial charge in [0.1, 0.15) is 12.4 Å². The van der Waals surface area contributed by atoms with Crippen LogP contribution >= 0.6 is 0 Å². The molecule has 0 saturated carbocycles. The minimum atomic E-state index is -3.01. The summed E-state index contributed by atoms with van der Waals surface area (Å²) in [6.07, 6.45) is 0. The summed E-state index contributed by atoms with van der Waals surface area (Å²) in [6.45, 7) is 7.84. The molecule has 1 rings (SSSR count). The van der Waals surface area contributed by atoms with E-state index in [2.05, 4.69) is 13.8 Å². The van der Waals surface area contributed by atoms with E-state index in [1.54, 1.807) is 13.8 Å². The van der Waals surface area contributed by atoms with Gasteiger partial charge in [0.05, 0.1) is 11.0 Å². The fourth-order valence-electron chi connectivity index (χ4n) is 1.46. The van der Waals surface area contributed by atoms with E-state index in [1.807, 2.05) is 24.3 Å². The Morgan fingerprint density at radius 1 is 1.06 bits per heavy atom. The van der Waals surface area contributed by atoms with Gasteiger partial charge in [-0.1, -0.05) is 26.0 Å². The number of ether oxygens (including phenoxy) is 1. The number of rotatable bonds is 6. The smallest absolute Gasteiger partial charge is 0.155 e. The Kier molecular flexibility index (Phi) is 5.20. The SMILES string of the molecule is CC(C)c1ccc(OCCS(=O)(=O)C(C)C)cc1. The molecule has 0 aliphatic rings. The molecule has 0 unspecified atom stereocenters. The second-order valence-electron chi connectivity index (χ2n) is 4.99. The Hall–Kier alpha value is -1.03. The van der Waals surface area contributed by atoms with Crippen molar-refractivity contribution in [2.45, 2.75) is 38.9 Å². The van der Waals surface area contributed by atoms with Crippen molar-refractivity contribution < 1.29 is 13.2 Å². The molecule has 0 aliphatic carbocycles. The van der Waals surface area contributed by atoms with E-state index in [4.69, 9.17) is 4.74 Å². The van der Waals surface area contributed by atoms with Crippen molar-refractivity contribution >= 4 is 9.84 Å². The molecule has 0 saturated heterocycles. The highest BCUT2D eigenvalue weighted by molar-refractivity contribution is 7.91. The third-order valence-corrected chi connectivity index (χ3v) is 5.07. The zero-order valence-electron chi connectivity index (χ0n) is 11.5. The third-order valence-electron chi connectivity index (χ3n) is 2.90. The molecule has 0 radical (unpaired) electrons. The van der Waals surface area contributed by atoms with Crippen molar-refractivity contribution in [3.05, 3.63) is 29.8 Å². The lowest BCUT2D eigenvalue weighted by Gasteiger charge is -2.10. The second-order valence-corrected chi connectivity index (χ2v) is 7.66. The predicted octanol–water partition coefficient (Wildman–Crippen LogP) is 3.01. The van der Waals surface area contributed by atoms with Gasteiger partial charge in [0.25, 0.3) is 0 Å². The minimum Gasteiger partial charge on any atom is -0.493 e. The van der Waals surface area contributed by atoms with Crippen molar-refractivity contribution in [2.24, 2.45) is 0 Å². The standard InChI is InChI=1S/C14H22O3S/c1-11(2)13-5-7-14(8-6-13)17-9-10-18(15,16)12(3)4/h5-8,11-12H,9-10H2,1-4H3. The Labute approximate surface area is 110 Å². The van der Waals surface area contributed by atoms with E-state index in [0.717, 1.165) is 5.75 Å². The molecule has 0 spiro atoms. The Morgan fingerprint density at radius 2 is 1.61 bits per heavy atom. The summed E-state index contributed by atoms with van der Waals surface area (Å²) in [5.74, 6) is 1.27. The average Bonchev–Trinajstić information content (AvgIpc) is 2.29. The van der Waals surface area contributed by atoms with E-state index < -0.39 is 9.84 Å². The van der Waals surface area contributed by atoms with Gasteiger partial charge in [0, 0.05) is 0 Å². The van der Waals surface area contributed by atoms with Crippen LogP contribution in [0, 0.1) is 0 Å². The summed E-state index contributed by atoms with van der Waals surface area (Å²) in [5, 5.41) is -0.343. The second kappa shape index (κ2) is 6.23. The summed E-state index contributed by atoms with van der Waals surface area (Å²) in [4.78, 5) is 0. The number of benzene rings is 1. The number of hydrogen-bond donors (Lipinski definition) is 0. The molecule has 0 fully saturated rings. The molecule has 0 bridgehead atoms. The third kappa shape index (κ3) is 4.33. The fourth-order valence-corrected chi connectivity index (χ4v) is 2.25. The van der Waals surface area contributed by atoms with Crippen molar-refractivity contribution in [3.8, 4) is 5.75 Å². The number of hydrogen-bond acceptors (Lipinski definition) is 3. The molecule has 0 aromatic heterocycles. The largest absolute Gasteiger partial charge is 0.493 e. The summed E-state index contributed by atoms with van der Waals surface area (Å²) >= 11 is 0. The van der Waals surface area contributed by atoms with Gasteiger partial charge in [-0.3, -0.25) is 0 Å². The maximum atomic E-state index is 11.6. The van der Waals surface area contributed by atoms with Crippen LogP contribution in [0.2, 0.25) is 0 Å². The van der Waals surface area contributed by atoms with Gasteiger partial charge in [0.2, 0.25) is 0 Å². The van der Waals surface area contributed by atoms with Crippen LogP contribution in [0.1, 0.15) is 39.2 Å². The quantitative estimate of drug-likeness (QED) is 0.798.